The topological polar surface area (TPSA) is 79.9 Å². The Kier molecular flexibility index (Phi) is 7.53. The standard InChI is InChI=1S/C18H27N3O4/c1-21(13-14-6-3-4-7-14)17(22)19-15-8-5-9-16(12-15)20-18(23)25-11-10-24-2/h5,8-9,12,14H,3-4,6-7,10-11,13H2,1-2H3,(H,19,22)(H,20,23). The van der Waals surface area contributed by atoms with Crippen molar-refractivity contribution >= 4 is 23.5 Å². The number of nitrogens with one attached hydrogen (secondary N) is 2. The molecule has 0 unspecified atom stereocenters. The van der Waals surface area contributed by atoms with Crippen molar-refractivity contribution in [2.24, 2.45) is 5.92 Å². The molecule has 2 rings (SSSR count). The molecule has 2 N–H and O–H groups in total. The third-order valence-corrected chi connectivity index (χ3v) is 4.23. The highest BCUT2D eigenvalue weighted by Gasteiger charge is 2.19. The van der Waals surface area contributed by atoms with Gasteiger partial charge in [0.15, 0.2) is 0 Å². The van der Waals surface area contributed by atoms with Crippen LogP contribution in [0.3, 0.4) is 0 Å². The maximum atomic E-state index is 12.3. The van der Waals surface area contributed by atoms with Gasteiger partial charge in [-0.3, -0.25) is 5.32 Å². The fourth-order valence-corrected chi connectivity index (χ4v) is 2.93. The molecule has 7 heteroatoms. The number of methoxy groups -OCH3 is 1. The van der Waals surface area contributed by atoms with Crippen LogP contribution in [0.4, 0.5) is 21.0 Å². The van der Waals surface area contributed by atoms with Crippen LogP contribution in [0.15, 0.2) is 24.3 Å². The number of hydrogen-bond donors (Lipinski definition) is 2. The van der Waals surface area contributed by atoms with Gasteiger partial charge in [-0.05, 0) is 37.0 Å². The first kappa shape index (κ1) is 19.1. The Morgan fingerprint density at radius 3 is 2.52 bits per heavy atom. The zero-order valence-electron chi connectivity index (χ0n) is 14.9. The van der Waals surface area contributed by atoms with Crippen molar-refractivity contribution in [2.75, 3.05) is 44.5 Å². The van der Waals surface area contributed by atoms with E-state index in [-0.39, 0.29) is 12.6 Å². The summed E-state index contributed by atoms with van der Waals surface area (Å²) < 4.78 is 9.77. The van der Waals surface area contributed by atoms with Gasteiger partial charge in [0.1, 0.15) is 6.61 Å². The van der Waals surface area contributed by atoms with Crippen molar-refractivity contribution in [2.45, 2.75) is 25.7 Å². The lowest BCUT2D eigenvalue weighted by molar-refractivity contribution is 0.107. The molecule has 1 aromatic carbocycles. The van der Waals surface area contributed by atoms with E-state index in [2.05, 4.69) is 10.6 Å². The smallest absolute Gasteiger partial charge is 0.411 e. The monoisotopic (exact) mass is 349 g/mol. The van der Waals surface area contributed by atoms with Crippen LogP contribution in [0.25, 0.3) is 0 Å². The van der Waals surface area contributed by atoms with E-state index in [0.717, 1.165) is 6.54 Å². The summed E-state index contributed by atoms with van der Waals surface area (Å²) in [6, 6.07) is 6.82. The third kappa shape index (κ3) is 6.62. The van der Waals surface area contributed by atoms with Crippen LogP contribution in [0, 0.1) is 5.92 Å². The summed E-state index contributed by atoms with van der Waals surface area (Å²) in [5.74, 6) is 0.602. The van der Waals surface area contributed by atoms with Crippen molar-refractivity contribution in [1.82, 2.24) is 4.90 Å². The molecule has 0 atom stereocenters. The molecule has 138 valence electrons. The molecule has 0 spiro atoms. The Balaban J connectivity index is 1.83. The highest BCUT2D eigenvalue weighted by molar-refractivity contribution is 5.91. The largest absolute Gasteiger partial charge is 0.447 e. The van der Waals surface area contributed by atoms with E-state index in [1.807, 2.05) is 7.05 Å². The fourth-order valence-electron chi connectivity index (χ4n) is 2.93. The molecule has 25 heavy (non-hydrogen) atoms. The van der Waals surface area contributed by atoms with Crippen molar-refractivity contribution in [3.8, 4) is 0 Å². The van der Waals surface area contributed by atoms with Crippen LogP contribution in [-0.2, 0) is 9.47 Å². The number of hydrogen-bond acceptors (Lipinski definition) is 4. The van der Waals surface area contributed by atoms with Gasteiger partial charge >= 0.3 is 12.1 Å². The normalized spacial score (nSPS) is 14.2. The predicted molar refractivity (Wildman–Crippen MR) is 96.9 cm³/mol. The van der Waals surface area contributed by atoms with Gasteiger partial charge in [-0.2, -0.15) is 0 Å². The minimum Gasteiger partial charge on any atom is -0.447 e. The van der Waals surface area contributed by atoms with Crippen LogP contribution in [0.2, 0.25) is 0 Å². The summed E-state index contributed by atoms with van der Waals surface area (Å²) in [6.45, 7) is 1.30. The van der Waals surface area contributed by atoms with Gasteiger partial charge in [0.25, 0.3) is 0 Å². The minimum absolute atomic E-state index is 0.147. The lowest BCUT2D eigenvalue weighted by Crippen LogP contribution is -2.34. The van der Waals surface area contributed by atoms with Crippen LogP contribution >= 0.6 is 0 Å². The van der Waals surface area contributed by atoms with Crippen LogP contribution in [0.1, 0.15) is 25.7 Å². The second kappa shape index (κ2) is 9.88. The van der Waals surface area contributed by atoms with Gasteiger partial charge in [0.05, 0.1) is 6.61 Å². The van der Waals surface area contributed by atoms with E-state index in [1.165, 1.54) is 32.8 Å². The maximum Gasteiger partial charge on any atom is 0.411 e. The van der Waals surface area contributed by atoms with Crippen LogP contribution in [-0.4, -0.2) is 50.9 Å². The molecule has 1 saturated carbocycles. The molecule has 1 fully saturated rings. The molecule has 0 bridgehead atoms. The summed E-state index contributed by atoms with van der Waals surface area (Å²) in [5, 5.41) is 5.48. The molecule has 1 aromatic rings. The quantitative estimate of drug-likeness (QED) is 0.738. The van der Waals surface area contributed by atoms with Crippen molar-refractivity contribution in [3.63, 3.8) is 0 Å². The summed E-state index contributed by atoms with van der Waals surface area (Å²) in [5.41, 5.74) is 1.18. The molecule has 0 heterocycles. The van der Waals surface area contributed by atoms with E-state index in [9.17, 15) is 9.59 Å². The average Bonchev–Trinajstić information content (AvgIpc) is 3.08. The van der Waals surface area contributed by atoms with Crippen molar-refractivity contribution in [1.29, 1.82) is 0 Å². The predicted octanol–water partition coefficient (Wildman–Crippen LogP) is 3.54. The highest BCUT2D eigenvalue weighted by Crippen LogP contribution is 2.25. The number of amides is 3. The maximum absolute atomic E-state index is 12.3. The number of anilines is 2. The van der Waals surface area contributed by atoms with Crippen LogP contribution in [0.5, 0.6) is 0 Å². The number of benzene rings is 1. The van der Waals surface area contributed by atoms with Gasteiger partial charge in [0.2, 0.25) is 0 Å². The zero-order chi connectivity index (χ0) is 18.1. The molecular formula is C18H27N3O4. The average molecular weight is 349 g/mol. The van der Waals surface area contributed by atoms with Gasteiger partial charge < -0.3 is 19.7 Å². The SMILES string of the molecule is COCCOC(=O)Nc1cccc(NC(=O)N(C)CC2CCCC2)c1. The fraction of sp³-hybridized carbons (Fsp3) is 0.556. The summed E-state index contributed by atoms with van der Waals surface area (Å²) in [4.78, 5) is 25.7. The second-order valence-corrected chi connectivity index (χ2v) is 6.30. The lowest BCUT2D eigenvalue weighted by Gasteiger charge is -2.21. The Labute approximate surface area is 148 Å². The molecule has 3 amide bonds. The van der Waals surface area contributed by atoms with Gasteiger partial charge in [-0.15, -0.1) is 0 Å². The van der Waals surface area contributed by atoms with E-state index in [1.54, 1.807) is 29.2 Å². The number of carbonyl (C=O) groups excluding carboxylic acids is 2. The molecule has 0 aliphatic heterocycles. The van der Waals surface area contributed by atoms with E-state index in [0.29, 0.717) is 23.9 Å². The number of ether oxygens (including phenoxy) is 2. The third-order valence-electron chi connectivity index (χ3n) is 4.23. The Bertz CT molecular complexity index is 573. The molecule has 1 aliphatic rings. The molecule has 0 radical (unpaired) electrons. The van der Waals surface area contributed by atoms with Gasteiger partial charge in [-0.1, -0.05) is 18.9 Å². The van der Waals surface area contributed by atoms with Crippen molar-refractivity contribution < 1.29 is 19.1 Å². The Morgan fingerprint density at radius 2 is 1.84 bits per heavy atom. The first-order valence-corrected chi connectivity index (χ1v) is 8.63. The minimum atomic E-state index is -0.557. The zero-order valence-corrected chi connectivity index (χ0v) is 14.9. The molecule has 0 aromatic heterocycles. The van der Waals surface area contributed by atoms with Crippen molar-refractivity contribution in [3.05, 3.63) is 24.3 Å². The highest BCUT2D eigenvalue weighted by atomic mass is 16.6. The first-order chi connectivity index (χ1) is 12.1. The van der Waals surface area contributed by atoms with Gasteiger partial charge in [-0.25, -0.2) is 9.59 Å². The summed E-state index contributed by atoms with van der Waals surface area (Å²) >= 11 is 0. The molecule has 1 aliphatic carbocycles. The second-order valence-electron chi connectivity index (χ2n) is 6.30. The van der Waals surface area contributed by atoms with Crippen LogP contribution < -0.4 is 10.6 Å². The number of nitrogens with zero attached hydrogens (tertiary/aromatic N) is 1. The van der Waals surface area contributed by atoms with Gasteiger partial charge in [0, 0.05) is 32.1 Å². The first-order valence-electron chi connectivity index (χ1n) is 8.63. The number of carbonyl (C=O) groups is 2. The molecular weight excluding hydrogens is 322 g/mol. The molecule has 7 nitrogen and oxygen atoms in total. The van der Waals surface area contributed by atoms with E-state index < -0.39 is 6.09 Å². The number of urea groups is 1. The lowest BCUT2D eigenvalue weighted by atomic mass is 10.1. The summed E-state index contributed by atoms with van der Waals surface area (Å²) in [7, 11) is 3.35. The van der Waals surface area contributed by atoms with E-state index >= 15 is 0 Å². The Hall–Kier alpha value is -2.28. The Morgan fingerprint density at radius 1 is 1.16 bits per heavy atom. The summed E-state index contributed by atoms with van der Waals surface area (Å²) in [6.07, 6.45) is 4.35. The van der Waals surface area contributed by atoms with E-state index in [4.69, 9.17) is 9.47 Å². The number of rotatable bonds is 7. The molecule has 0 saturated heterocycles.